The van der Waals surface area contributed by atoms with Gasteiger partial charge >= 0.3 is 0 Å². The third-order valence-electron chi connectivity index (χ3n) is 5.92. The third kappa shape index (κ3) is 4.08. The van der Waals surface area contributed by atoms with Crippen LogP contribution in [0.3, 0.4) is 0 Å². The summed E-state index contributed by atoms with van der Waals surface area (Å²) in [4.78, 5) is 6.73. The molecule has 0 unspecified atom stereocenters. The van der Waals surface area contributed by atoms with Gasteiger partial charge in [-0.15, -0.1) is 0 Å². The molecule has 30 heavy (non-hydrogen) atoms. The van der Waals surface area contributed by atoms with E-state index in [-0.39, 0.29) is 0 Å². The van der Waals surface area contributed by atoms with Crippen molar-refractivity contribution >= 4 is 11.0 Å². The summed E-state index contributed by atoms with van der Waals surface area (Å²) in [6.07, 6.45) is 5.25. The van der Waals surface area contributed by atoms with Crippen molar-refractivity contribution in [3.63, 3.8) is 0 Å². The van der Waals surface area contributed by atoms with Crippen molar-refractivity contribution in [2.24, 2.45) is 0 Å². The highest BCUT2D eigenvalue weighted by molar-refractivity contribution is 5.75. The molecule has 1 aliphatic rings. The van der Waals surface area contributed by atoms with Gasteiger partial charge in [-0.05, 0) is 48.7 Å². The molecule has 7 nitrogen and oxygen atoms in total. The molecule has 7 heteroatoms. The van der Waals surface area contributed by atoms with Gasteiger partial charge in [0.25, 0.3) is 0 Å². The number of fused-ring (bicyclic) bond motifs is 1. The van der Waals surface area contributed by atoms with E-state index in [0.29, 0.717) is 23.8 Å². The second kappa shape index (κ2) is 8.53. The van der Waals surface area contributed by atoms with E-state index in [1.807, 2.05) is 36.5 Å². The Morgan fingerprint density at radius 2 is 1.73 bits per heavy atom. The highest BCUT2D eigenvalue weighted by Crippen LogP contribution is 2.38. The second-order valence-corrected chi connectivity index (χ2v) is 7.89. The van der Waals surface area contributed by atoms with Crippen molar-refractivity contribution in [1.29, 1.82) is 0 Å². The zero-order chi connectivity index (χ0) is 21.1. The van der Waals surface area contributed by atoms with Crippen LogP contribution < -0.4 is 14.2 Å². The number of likely N-dealkylation sites (tertiary alicyclic amines) is 1. The lowest BCUT2D eigenvalue weighted by Gasteiger charge is -2.38. The number of rotatable bonds is 7. The van der Waals surface area contributed by atoms with E-state index in [1.165, 1.54) is 0 Å². The van der Waals surface area contributed by atoms with Gasteiger partial charge in [0.2, 0.25) is 5.75 Å². The Morgan fingerprint density at radius 3 is 2.37 bits per heavy atom. The number of nitrogens with zero attached hydrogens (tertiary/aromatic N) is 3. The van der Waals surface area contributed by atoms with Crippen LogP contribution in [0.2, 0.25) is 0 Å². The molecule has 1 saturated heterocycles. The van der Waals surface area contributed by atoms with Gasteiger partial charge in [0.1, 0.15) is 0 Å². The Morgan fingerprint density at radius 1 is 1.03 bits per heavy atom. The highest BCUT2D eigenvalue weighted by atomic mass is 16.5. The first-order chi connectivity index (χ1) is 14.5. The van der Waals surface area contributed by atoms with Gasteiger partial charge in [-0.1, -0.05) is 0 Å². The predicted molar refractivity (Wildman–Crippen MR) is 115 cm³/mol. The molecule has 0 radical (unpaired) electrons. The van der Waals surface area contributed by atoms with Gasteiger partial charge in [-0.2, -0.15) is 0 Å². The lowest BCUT2D eigenvalue weighted by Crippen LogP contribution is -2.46. The molecule has 3 aromatic rings. The molecule has 3 heterocycles. The van der Waals surface area contributed by atoms with Crippen molar-refractivity contribution in [1.82, 2.24) is 14.5 Å². The van der Waals surface area contributed by atoms with Gasteiger partial charge in [0.05, 0.1) is 44.5 Å². The number of benzene rings is 1. The van der Waals surface area contributed by atoms with Gasteiger partial charge in [-0.3, -0.25) is 9.88 Å². The second-order valence-electron chi connectivity index (χ2n) is 7.89. The molecule has 1 aliphatic heterocycles. The van der Waals surface area contributed by atoms with E-state index in [2.05, 4.69) is 14.5 Å². The van der Waals surface area contributed by atoms with Gasteiger partial charge in [0, 0.05) is 32.0 Å². The summed E-state index contributed by atoms with van der Waals surface area (Å²) in [7, 11) is 4.86. The van der Waals surface area contributed by atoms with Crippen molar-refractivity contribution in [2.45, 2.75) is 31.5 Å². The van der Waals surface area contributed by atoms with Gasteiger partial charge < -0.3 is 23.9 Å². The number of ether oxygens (including phenoxy) is 3. The van der Waals surface area contributed by atoms with Crippen LogP contribution in [0.5, 0.6) is 17.2 Å². The number of aromatic nitrogens is 2. The van der Waals surface area contributed by atoms with E-state index in [1.54, 1.807) is 27.5 Å². The number of aliphatic hydroxyl groups is 1. The van der Waals surface area contributed by atoms with Crippen molar-refractivity contribution in [2.75, 3.05) is 34.4 Å². The molecular formula is C23H29N3O4. The van der Waals surface area contributed by atoms with Crippen LogP contribution in [0.4, 0.5) is 0 Å². The summed E-state index contributed by atoms with van der Waals surface area (Å²) >= 11 is 0. The molecule has 0 aliphatic carbocycles. The predicted octanol–water partition coefficient (Wildman–Crippen LogP) is 3.09. The molecule has 1 aromatic carbocycles. The quantitative estimate of drug-likeness (QED) is 0.644. The molecule has 0 saturated carbocycles. The topological polar surface area (TPSA) is 69.0 Å². The maximum Gasteiger partial charge on any atom is 0.203 e. The maximum atomic E-state index is 11.2. The fourth-order valence-corrected chi connectivity index (χ4v) is 4.25. The molecule has 0 spiro atoms. The molecule has 0 amide bonds. The number of hydrogen-bond acceptors (Lipinski definition) is 6. The number of methoxy groups -OCH3 is 3. The molecular weight excluding hydrogens is 382 g/mol. The average Bonchev–Trinajstić information content (AvgIpc) is 3.17. The van der Waals surface area contributed by atoms with Crippen LogP contribution in [0.1, 0.15) is 18.4 Å². The molecule has 160 valence electrons. The highest BCUT2D eigenvalue weighted by Gasteiger charge is 2.33. The Kier molecular flexibility index (Phi) is 5.83. The van der Waals surface area contributed by atoms with Crippen LogP contribution >= 0.6 is 0 Å². The van der Waals surface area contributed by atoms with E-state index in [4.69, 9.17) is 14.2 Å². The van der Waals surface area contributed by atoms with Crippen LogP contribution in [-0.4, -0.2) is 59.6 Å². The number of hydrogen-bond donors (Lipinski definition) is 1. The van der Waals surface area contributed by atoms with Crippen LogP contribution in [0, 0.1) is 0 Å². The monoisotopic (exact) mass is 411 g/mol. The fourth-order valence-electron chi connectivity index (χ4n) is 4.25. The first kappa shape index (κ1) is 20.5. The zero-order valence-electron chi connectivity index (χ0n) is 17.8. The molecule has 0 bridgehead atoms. The van der Waals surface area contributed by atoms with Gasteiger partial charge in [0.15, 0.2) is 11.5 Å². The van der Waals surface area contributed by atoms with Crippen LogP contribution in [0.15, 0.2) is 42.7 Å². The minimum Gasteiger partial charge on any atom is -0.493 e. The minimum atomic E-state index is -0.715. The molecule has 1 N–H and O–H groups in total. The van der Waals surface area contributed by atoms with E-state index < -0.39 is 5.60 Å². The molecule has 0 atom stereocenters. The first-order valence-corrected chi connectivity index (χ1v) is 10.2. The van der Waals surface area contributed by atoms with E-state index in [0.717, 1.165) is 49.1 Å². The zero-order valence-corrected chi connectivity index (χ0v) is 17.8. The van der Waals surface area contributed by atoms with Crippen LogP contribution in [-0.2, 0) is 13.1 Å². The first-order valence-electron chi connectivity index (χ1n) is 10.2. The lowest BCUT2D eigenvalue weighted by atomic mass is 9.91. The Hall–Kier alpha value is -2.77. The summed E-state index contributed by atoms with van der Waals surface area (Å²) in [6, 6.07) is 9.95. The van der Waals surface area contributed by atoms with Crippen molar-refractivity contribution in [3.05, 3.63) is 48.3 Å². The van der Waals surface area contributed by atoms with Crippen molar-refractivity contribution < 1.29 is 19.3 Å². The Bertz CT molecular complexity index is 984. The summed E-state index contributed by atoms with van der Waals surface area (Å²) in [5.41, 5.74) is 2.40. The smallest absolute Gasteiger partial charge is 0.203 e. The Labute approximate surface area is 176 Å². The lowest BCUT2D eigenvalue weighted by molar-refractivity contribution is -0.0349. The average molecular weight is 412 g/mol. The van der Waals surface area contributed by atoms with Crippen LogP contribution in [0.25, 0.3) is 11.0 Å². The SMILES string of the molecule is COc1cc(CN2CCC(O)(Cn3ccc4ncccc43)CC2)cc(OC)c1OC. The Balaban J connectivity index is 1.42. The largest absolute Gasteiger partial charge is 0.493 e. The maximum absolute atomic E-state index is 11.2. The number of piperidine rings is 1. The summed E-state index contributed by atoms with van der Waals surface area (Å²) in [6.45, 7) is 3.00. The molecule has 2 aromatic heterocycles. The normalized spacial score (nSPS) is 16.5. The third-order valence-corrected chi connectivity index (χ3v) is 5.92. The minimum absolute atomic E-state index is 0.584. The van der Waals surface area contributed by atoms with Crippen molar-refractivity contribution in [3.8, 4) is 17.2 Å². The fraction of sp³-hybridized carbons (Fsp3) is 0.435. The van der Waals surface area contributed by atoms with Gasteiger partial charge in [-0.25, -0.2) is 0 Å². The standard InChI is InChI=1S/C23H29N3O4/c1-28-20-13-17(14-21(29-2)22(20)30-3)15-25-11-7-23(27,8-12-25)16-26-10-6-18-19(26)5-4-9-24-18/h4-6,9-10,13-14,27H,7-8,11-12,15-16H2,1-3H3. The summed E-state index contributed by atoms with van der Waals surface area (Å²) < 4.78 is 18.4. The summed E-state index contributed by atoms with van der Waals surface area (Å²) in [5, 5.41) is 11.2. The molecule has 4 rings (SSSR count). The van der Waals surface area contributed by atoms with E-state index in [9.17, 15) is 5.11 Å². The van der Waals surface area contributed by atoms with E-state index >= 15 is 0 Å². The number of pyridine rings is 1. The summed E-state index contributed by atoms with van der Waals surface area (Å²) in [5.74, 6) is 1.92. The molecule has 1 fully saturated rings.